The Morgan fingerprint density at radius 2 is 1.81 bits per heavy atom. The number of nitrogens with zero attached hydrogens (tertiary/aromatic N) is 3. The molecule has 0 radical (unpaired) electrons. The monoisotopic (exact) mass is 372 g/mol. The summed E-state index contributed by atoms with van der Waals surface area (Å²) in [5.41, 5.74) is 4.84. The van der Waals surface area contributed by atoms with Gasteiger partial charge in [0, 0.05) is 17.9 Å². The Morgan fingerprint density at radius 3 is 2.42 bits per heavy atom. The Bertz CT molecular complexity index is 1010. The predicted molar refractivity (Wildman–Crippen MR) is 97.6 cm³/mol. The highest BCUT2D eigenvalue weighted by Crippen LogP contribution is 2.27. The number of fused-ring (bicyclic) bond motifs is 1. The first kappa shape index (κ1) is 17.8. The summed E-state index contributed by atoms with van der Waals surface area (Å²) >= 11 is 5.44. The highest BCUT2D eigenvalue weighted by atomic mass is 35.5. The Balaban J connectivity index is 2.05. The molecule has 3 aromatic rings. The zero-order valence-corrected chi connectivity index (χ0v) is 14.7. The third-order valence-corrected chi connectivity index (χ3v) is 4.03. The zero-order valence-electron chi connectivity index (χ0n) is 14.0. The molecule has 0 aliphatic carbocycles. The van der Waals surface area contributed by atoms with Crippen LogP contribution in [0, 0.1) is 12.7 Å². The quantitative estimate of drug-likeness (QED) is 0.556. The number of hydrogen-bond donors (Lipinski definition) is 1. The van der Waals surface area contributed by atoms with Gasteiger partial charge in [-0.15, -0.1) is 5.10 Å². The van der Waals surface area contributed by atoms with E-state index in [1.807, 2.05) is 0 Å². The molecule has 0 spiro atoms. The molecule has 1 heterocycles. The summed E-state index contributed by atoms with van der Waals surface area (Å²) in [5, 5.41) is 9.02. The molecule has 2 aromatic carbocycles. The summed E-state index contributed by atoms with van der Waals surface area (Å²) < 4.78 is 14.0. The van der Waals surface area contributed by atoms with E-state index in [-0.39, 0.29) is 11.4 Å². The lowest BCUT2D eigenvalue weighted by atomic mass is 10.1. The summed E-state index contributed by atoms with van der Waals surface area (Å²) in [6.07, 6.45) is 0. The normalized spacial score (nSPS) is 10.6. The van der Waals surface area contributed by atoms with Crippen molar-refractivity contribution in [3.63, 3.8) is 0 Å². The molecule has 0 aliphatic heterocycles. The molecule has 0 aliphatic rings. The molecule has 1 aromatic heterocycles. The molecule has 132 valence electrons. The van der Waals surface area contributed by atoms with Gasteiger partial charge in [0.15, 0.2) is 5.82 Å². The first-order valence-electron chi connectivity index (χ1n) is 7.67. The van der Waals surface area contributed by atoms with E-state index >= 15 is 0 Å². The summed E-state index contributed by atoms with van der Waals surface area (Å²) in [5.74, 6) is -0.812. The van der Waals surface area contributed by atoms with Gasteiger partial charge in [-0.05, 0) is 48.9 Å². The van der Waals surface area contributed by atoms with Gasteiger partial charge in [-0.2, -0.15) is 5.10 Å². The molecule has 26 heavy (non-hydrogen) atoms. The molecule has 8 heteroatoms. The van der Waals surface area contributed by atoms with E-state index in [2.05, 4.69) is 15.6 Å². The number of halogens is 2. The van der Waals surface area contributed by atoms with Crippen LogP contribution in [0.4, 0.5) is 15.8 Å². The van der Waals surface area contributed by atoms with Gasteiger partial charge in [0.25, 0.3) is 5.24 Å². The third-order valence-electron chi connectivity index (χ3n) is 3.81. The number of amides is 1. The highest BCUT2D eigenvalue weighted by molar-refractivity contribution is 6.67. The van der Waals surface area contributed by atoms with E-state index in [0.717, 1.165) is 0 Å². The first-order chi connectivity index (χ1) is 12.4. The Kier molecular flexibility index (Phi) is 4.81. The molecule has 0 saturated carbocycles. The van der Waals surface area contributed by atoms with Gasteiger partial charge in [-0.1, -0.05) is 12.1 Å². The average Bonchev–Trinajstić information content (AvgIpc) is 2.61. The number of hydrazine groups is 1. The van der Waals surface area contributed by atoms with Gasteiger partial charge < -0.3 is 0 Å². The van der Waals surface area contributed by atoms with Crippen LogP contribution in [0.5, 0.6) is 0 Å². The maximum absolute atomic E-state index is 14.0. The molecule has 0 fully saturated rings. The van der Waals surface area contributed by atoms with Crippen LogP contribution >= 0.6 is 11.6 Å². The lowest BCUT2D eigenvalue weighted by Crippen LogP contribution is -2.35. The average molecular weight is 373 g/mol. The minimum atomic E-state index is -0.588. The van der Waals surface area contributed by atoms with Crippen molar-refractivity contribution in [2.24, 2.45) is 0 Å². The fourth-order valence-corrected chi connectivity index (χ4v) is 2.63. The SMILES string of the molecule is CC(=O)N(Nc1c(C)nnc2c(F)cccc12)c1ccc(C(=O)Cl)cc1. The number of anilines is 2. The standard InChI is InChI=1S/C18H14ClFN4O2/c1-10-16(14-4-3-5-15(20)17(14)22-21-10)23-24(11(2)25)13-8-6-12(7-9-13)18(19)26/h3-9H,1-2H3,(H,22,23). The van der Waals surface area contributed by atoms with Crippen LogP contribution in [-0.4, -0.2) is 21.3 Å². The molecule has 0 atom stereocenters. The number of carbonyl (C=O) groups is 2. The van der Waals surface area contributed by atoms with Crippen molar-refractivity contribution in [1.82, 2.24) is 10.2 Å². The smallest absolute Gasteiger partial charge is 0.252 e. The largest absolute Gasteiger partial charge is 0.289 e. The Morgan fingerprint density at radius 1 is 1.12 bits per heavy atom. The van der Waals surface area contributed by atoms with Crippen molar-refractivity contribution in [1.29, 1.82) is 0 Å². The maximum atomic E-state index is 14.0. The topological polar surface area (TPSA) is 75.2 Å². The Labute approximate surface area is 153 Å². The molecular weight excluding hydrogens is 359 g/mol. The van der Waals surface area contributed by atoms with Crippen LogP contribution in [0.2, 0.25) is 0 Å². The second-order valence-electron chi connectivity index (χ2n) is 5.58. The minimum absolute atomic E-state index is 0.104. The van der Waals surface area contributed by atoms with Crippen LogP contribution < -0.4 is 10.4 Å². The number of aromatic nitrogens is 2. The minimum Gasteiger partial charge on any atom is -0.289 e. The molecule has 3 rings (SSSR count). The second kappa shape index (κ2) is 7.05. The molecule has 0 unspecified atom stereocenters. The van der Waals surface area contributed by atoms with Crippen LogP contribution in [0.1, 0.15) is 23.0 Å². The van der Waals surface area contributed by atoms with E-state index in [4.69, 9.17) is 11.6 Å². The van der Waals surface area contributed by atoms with Crippen LogP contribution in [-0.2, 0) is 4.79 Å². The van der Waals surface area contributed by atoms with Crippen LogP contribution in [0.15, 0.2) is 42.5 Å². The molecule has 0 saturated heterocycles. The number of carbonyl (C=O) groups excluding carboxylic acids is 2. The predicted octanol–water partition coefficient (Wildman–Crippen LogP) is 3.84. The van der Waals surface area contributed by atoms with Gasteiger partial charge in [0.2, 0.25) is 5.91 Å². The highest BCUT2D eigenvalue weighted by Gasteiger charge is 2.17. The van der Waals surface area contributed by atoms with E-state index in [9.17, 15) is 14.0 Å². The lowest BCUT2D eigenvalue weighted by molar-refractivity contribution is -0.116. The van der Waals surface area contributed by atoms with E-state index in [0.29, 0.717) is 28.0 Å². The third kappa shape index (κ3) is 3.34. The van der Waals surface area contributed by atoms with E-state index in [1.165, 1.54) is 30.1 Å². The van der Waals surface area contributed by atoms with Gasteiger partial charge >= 0.3 is 0 Å². The number of benzene rings is 2. The van der Waals surface area contributed by atoms with Gasteiger partial charge in [0.1, 0.15) is 5.52 Å². The maximum Gasteiger partial charge on any atom is 0.252 e. The molecule has 6 nitrogen and oxygen atoms in total. The number of hydrogen-bond acceptors (Lipinski definition) is 5. The van der Waals surface area contributed by atoms with Crippen molar-refractivity contribution in [3.05, 3.63) is 59.5 Å². The van der Waals surface area contributed by atoms with Crippen LogP contribution in [0.25, 0.3) is 10.9 Å². The molecular formula is C18H14ClFN4O2. The summed E-state index contributed by atoms with van der Waals surface area (Å²) in [6, 6.07) is 10.7. The lowest BCUT2D eigenvalue weighted by Gasteiger charge is -2.24. The van der Waals surface area contributed by atoms with Crippen molar-refractivity contribution in [2.45, 2.75) is 13.8 Å². The molecule has 1 amide bonds. The van der Waals surface area contributed by atoms with Crippen molar-refractivity contribution >= 4 is 45.0 Å². The second-order valence-corrected chi connectivity index (χ2v) is 5.93. The number of rotatable bonds is 4. The fourth-order valence-electron chi connectivity index (χ4n) is 2.51. The van der Waals surface area contributed by atoms with Crippen molar-refractivity contribution < 1.29 is 14.0 Å². The van der Waals surface area contributed by atoms with Crippen molar-refractivity contribution in [3.8, 4) is 0 Å². The summed E-state index contributed by atoms with van der Waals surface area (Å²) in [6.45, 7) is 3.08. The number of aryl methyl sites for hydroxylation is 1. The van der Waals surface area contributed by atoms with Gasteiger partial charge in [-0.25, -0.2) is 9.40 Å². The van der Waals surface area contributed by atoms with Gasteiger partial charge in [-0.3, -0.25) is 15.0 Å². The fraction of sp³-hybridized carbons (Fsp3) is 0.111. The van der Waals surface area contributed by atoms with E-state index in [1.54, 1.807) is 31.2 Å². The van der Waals surface area contributed by atoms with E-state index < -0.39 is 11.1 Å². The zero-order chi connectivity index (χ0) is 18.8. The summed E-state index contributed by atoms with van der Waals surface area (Å²) in [4.78, 5) is 23.3. The molecule has 1 N–H and O–H groups in total. The Hall–Kier alpha value is -3.06. The number of nitrogens with one attached hydrogen (secondary N) is 1. The van der Waals surface area contributed by atoms with Crippen molar-refractivity contribution in [2.75, 3.05) is 10.4 Å². The molecule has 0 bridgehead atoms. The first-order valence-corrected chi connectivity index (χ1v) is 8.05. The van der Waals surface area contributed by atoms with Crippen LogP contribution in [0.3, 0.4) is 0 Å². The van der Waals surface area contributed by atoms with Gasteiger partial charge in [0.05, 0.1) is 17.1 Å². The summed E-state index contributed by atoms with van der Waals surface area (Å²) in [7, 11) is 0.